The molecule has 6 heteroatoms. The summed E-state index contributed by atoms with van der Waals surface area (Å²) >= 11 is 11.8. The molecule has 0 bridgehead atoms. The summed E-state index contributed by atoms with van der Waals surface area (Å²) in [7, 11) is 0. The lowest BCUT2D eigenvalue weighted by molar-refractivity contribution is -0.123. The maximum atomic E-state index is 11.8. The lowest BCUT2D eigenvalue weighted by atomic mass is 10.2. The molecular weight excluding hydrogens is 371 g/mol. The van der Waals surface area contributed by atoms with Crippen molar-refractivity contribution in [2.45, 2.75) is 6.92 Å². The SMILES string of the molecule is CC(/C=C/C=C/c1ccccc1)=N\NC(=O)COc1ccc(Cl)cc1Cl. The standard InChI is InChI=1S/C20H18Cl2N2O2/c1-15(7-5-6-10-16-8-3-2-4-9-16)23-24-20(25)14-26-19-12-11-17(21)13-18(19)22/h2-13H,14H2,1H3,(H,24,25)/b7-5+,10-6+,23-15+. The maximum Gasteiger partial charge on any atom is 0.277 e. The Hall–Kier alpha value is -2.56. The van der Waals surface area contributed by atoms with Gasteiger partial charge >= 0.3 is 0 Å². The number of nitrogens with one attached hydrogen (secondary N) is 1. The van der Waals surface area contributed by atoms with E-state index in [1.165, 1.54) is 0 Å². The second-order valence-corrected chi connectivity index (χ2v) is 6.12. The summed E-state index contributed by atoms with van der Waals surface area (Å²) in [4.78, 5) is 11.8. The molecule has 26 heavy (non-hydrogen) atoms. The van der Waals surface area contributed by atoms with Gasteiger partial charge in [0.15, 0.2) is 6.61 Å². The molecule has 0 fully saturated rings. The first-order valence-corrected chi connectivity index (χ1v) is 8.61. The Morgan fingerprint density at radius 1 is 1.15 bits per heavy atom. The third-order valence-electron chi connectivity index (χ3n) is 3.15. The number of carbonyl (C=O) groups excluding carboxylic acids is 1. The Morgan fingerprint density at radius 3 is 2.65 bits per heavy atom. The van der Waals surface area contributed by atoms with Crippen LogP contribution in [-0.2, 0) is 4.79 Å². The lowest BCUT2D eigenvalue weighted by Gasteiger charge is -2.07. The molecule has 0 radical (unpaired) electrons. The van der Waals surface area contributed by atoms with Gasteiger partial charge in [0.2, 0.25) is 0 Å². The van der Waals surface area contributed by atoms with Crippen molar-refractivity contribution in [3.8, 4) is 5.75 Å². The van der Waals surface area contributed by atoms with Crippen LogP contribution in [-0.4, -0.2) is 18.2 Å². The molecule has 0 aliphatic heterocycles. The van der Waals surface area contributed by atoms with Crippen LogP contribution < -0.4 is 10.2 Å². The number of hydrogen-bond acceptors (Lipinski definition) is 3. The van der Waals surface area contributed by atoms with Crippen LogP contribution in [0, 0.1) is 0 Å². The second kappa shape index (κ2) is 10.4. The topological polar surface area (TPSA) is 50.7 Å². The predicted molar refractivity (Wildman–Crippen MR) is 108 cm³/mol. The molecule has 0 unspecified atom stereocenters. The Labute approximate surface area is 162 Å². The quantitative estimate of drug-likeness (QED) is 0.405. The number of halogens is 2. The van der Waals surface area contributed by atoms with Crippen molar-refractivity contribution < 1.29 is 9.53 Å². The third kappa shape index (κ3) is 7.13. The van der Waals surface area contributed by atoms with Gasteiger partial charge in [-0.1, -0.05) is 71.8 Å². The molecule has 0 saturated heterocycles. The number of amides is 1. The minimum atomic E-state index is -0.386. The van der Waals surface area contributed by atoms with Gasteiger partial charge in [0, 0.05) is 5.02 Å². The van der Waals surface area contributed by atoms with E-state index in [1.54, 1.807) is 31.2 Å². The Kier molecular flexibility index (Phi) is 7.93. The molecule has 0 aliphatic rings. The van der Waals surface area contributed by atoms with Gasteiger partial charge in [-0.25, -0.2) is 5.43 Å². The molecule has 0 saturated carbocycles. The fourth-order valence-corrected chi connectivity index (χ4v) is 2.34. The Balaban J connectivity index is 1.77. The summed E-state index contributed by atoms with van der Waals surface area (Å²) in [5, 5.41) is 4.83. The van der Waals surface area contributed by atoms with Crippen molar-refractivity contribution in [2.75, 3.05) is 6.61 Å². The van der Waals surface area contributed by atoms with E-state index in [2.05, 4.69) is 10.5 Å². The van der Waals surface area contributed by atoms with Crippen molar-refractivity contribution in [3.63, 3.8) is 0 Å². The molecule has 0 heterocycles. The van der Waals surface area contributed by atoms with E-state index in [0.717, 1.165) is 5.56 Å². The van der Waals surface area contributed by atoms with Crippen LogP contribution in [0.15, 0.2) is 71.9 Å². The van der Waals surface area contributed by atoms with Gasteiger partial charge in [0.25, 0.3) is 5.91 Å². The van der Waals surface area contributed by atoms with Gasteiger partial charge in [-0.3, -0.25) is 4.79 Å². The number of benzene rings is 2. The van der Waals surface area contributed by atoms with Gasteiger partial charge < -0.3 is 4.74 Å². The molecule has 2 rings (SSSR count). The first kappa shape index (κ1) is 19.8. The number of ether oxygens (including phenoxy) is 1. The predicted octanol–water partition coefficient (Wildman–Crippen LogP) is 5.13. The highest BCUT2D eigenvalue weighted by Crippen LogP contribution is 2.27. The number of allylic oxidation sites excluding steroid dienone is 3. The summed E-state index contributed by atoms with van der Waals surface area (Å²) < 4.78 is 5.33. The van der Waals surface area contributed by atoms with E-state index in [-0.39, 0.29) is 12.5 Å². The molecule has 134 valence electrons. The van der Waals surface area contributed by atoms with Crippen LogP contribution in [0.3, 0.4) is 0 Å². The van der Waals surface area contributed by atoms with Crippen molar-refractivity contribution in [3.05, 3.63) is 82.4 Å². The summed E-state index contributed by atoms with van der Waals surface area (Å²) in [6.07, 6.45) is 7.52. The lowest BCUT2D eigenvalue weighted by Crippen LogP contribution is -2.25. The molecule has 1 N–H and O–H groups in total. The van der Waals surface area contributed by atoms with Gasteiger partial charge in [-0.15, -0.1) is 0 Å². The normalized spacial score (nSPS) is 11.9. The number of hydrogen-bond donors (Lipinski definition) is 1. The minimum Gasteiger partial charge on any atom is -0.482 e. The molecule has 4 nitrogen and oxygen atoms in total. The van der Waals surface area contributed by atoms with E-state index in [1.807, 2.05) is 48.6 Å². The summed E-state index contributed by atoms with van der Waals surface area (Å²) in [5.74, 6) is 0.00135. The highest BCUT2D eigenvalue weighted by Gasteiger charge is 2.05. The number of hydrazone groups is 1. The highest BCUT2D eigenvalue weighted by molar-refractivity contribution is 6.35. The van der Waals surface area contributed by atoms with Crippen LogP contribution in [0.5, 0.6) is 5.75 Å². The fourth-order valence-electron chi connectivity index (χ4n) is 1.88. The average Bonchev–Trinajstić information content (AvgIpc) is 2.63. The summed E-state index contributed by atoms with van der Waals surface area (Å²) in [6.45, 7) is 1.58. The Morgan fingerprint density at radius 2 is 1.92 bits per heavy atom. The van der Waals surface area contributed by atoms with Gasteiger partial charge in [0.05, 0.1) is 10.7 Å². The first-order chi connectivity index (χ1) is 12.5. The first-order valence-electron chi connectivity index (χ1n) is 7.85. The highest BCUT2D eigenvalue weighted by atomic mass is 35.5. The molecule has 0 atom stereocenters. The summed E-state index contributed by atoms with van der Waals surface area (Å²) in [5.41, 5.74) is 4.18. The van der Waals surface area contributed by atoms with Crippen LogP contribution in [0.4, 0.5) is 0 Å². The minimum absolute atomic E-state index is 0.199. The monoisotopic (exact) mass is 388 g/mol. The smallest absolute Gasteiger partial charge is 0.277 e. The largest absolute Gasteiger partial charge is 0.482 e. The van der Waals surface area contributed by atoms with E-state index >= 15 is 0 Å². The zero-order valence-electron chi connectivity index (χ0n) is 14.2. The second-order valence-electron chi connectivity index (χ2n) is 5.28. The fraction of sp³-hybridized carbons (Fsp3) is 0.100. The zero-order chi connectivity index (χ0) is 18.8. The van der Waals surface area contributed by atoms with Crippen molar-refractivity contribution in [1.29, 1.82) is 0 Å². The van der Waals surface area contributed by atoms with E-state index in [0.29, 0.717) is 21.5 Å². The van der Waals surface area contributed by atoms with Crippen LogP contribution in [0.25, 0.3) is 6.08 Å². The molecule has 2 aromatic carbocycles. The van der Waals surface area contributed by atoms with E-state index in [9.17, 15) is 4.79 Å². The number of nitrogens with zero attached hydrogens (tertiary/aromatic N) is 1. The maximum absolute atomic E-state index is 11.8. The van der Waals surface area contributed by atoms with E-state index in [4.69, 9.17) is 27.9 Å². The molecule has 0 aliphatic carbocycles. The van der Waals surface area contributed by atoms with Crippen LogP contribution in [0.2, 0.25) is 10.0 Å². The molecule has 1 amide bonds. The van der Waals surface area contributed by atoms with Crippen LogP contribution in [0.1, 0.15) is 12.5 Å². The Bertz CT molecular complexity index is 831. The number of rotatable bonds is 7. The zero-order valence-corrected chi connectivity index (χ0v) is 15.7. The van der Waals surface area contributed by atoms with Crippen molar-refractivity contribution in [1.82, 2.24) is 5.43 Å². The number of carbonyl (C=O) groups is 1. The van der Waals surface area contributed by atoms with Gasteiger partial charge in [0.1, 0.15) is 5.75 Å². The average molecular weight is 389 g/mol. The van der Waals surface area contributed by atoms with E-state index < -0.39 is 0 Å². The van der Waals surface area contributed by atoms with Gasteiger partial charge in [-0.2, -0.15) is 5.10 Å². The van der Waals surface area contributed by atoms with Crippen molar-refractivity contribution >= 4 is 40.9 Å². The molecule has 2 aromatic rings. The molecular formula is C20H18Cl2N2O2. The molecule has 0 spiro atoms. The van der Waals surface area contributed by atoms with Gasteiger partial charge in [-0.05, 0) is 36.8 Å². The van der Waals surface area contributed by atoms with Crippen LogP contribution >= 0.6 is 23.2 Å². The third-order valence-corrected chi connectivity index (χ3v) is 3.68. The molecule has 0 aromatic heterocycles. The summed E-state index contributed by atoms with van der Waals surface area (Å²) in [6, 6.07) is 14.7. The van der Waals surface area contributed by atoms with Crippen molar-refractivity contribution in [2.24, 2.45) is 5.10 Å².